The molecule has 3 N–H and O–H groups in total. The van der Waals surface area contributed by atoms with Crippen molar-refractivity contribution in [1.29, 1.82) is 0 Å². The van der Waals surface area contributed by atoms with E-state index in [0.717, 1.165) is 5.75 Å². The average molecular weight is 527 g/mol. The Morgan fingerprint density at radius 1 is 1.50 bits per heavy atom. The second kappa shape index (κ2) is 11.2. The molecule has 2 atom stereocenters. The molecule has 4 heterocycles. The van der Waals surface area contributed by atoms with Crippen molar-refractivity contribution in [3.8, 4) is 0 Å². The van der Waals surface area contributed by atoms with Crippen molar-refractivity contribution in [2.75, 3.05) is 30.5 Å². The number of hydrogen-bond acceptors (Lipinski definition) is 11. The Bertz CT molecular complexity index is 1040. The van der Waals surface area contributed by atoms with E-state index >= 15 is 0 Å². The standard InChI is InChI=1S/C19H22N6O6S3/c1-2-3-31-23-13(11-9-32-5-4-30-11)16(26)21-14-17(27)25-15(19(28)29)10(8-34-18(14)25)7-33-12-6-20-24-22-12/h6,9,14,18H,2-5,7-8H2,1H3,(H,21,26)(H,28,29)(H,20,22,24)/t14?,18-/m0/s1. The van der Waals surface area contributed by atoms with Crippen molar-refractivity contribution < 1.29 is 29.1 Å². The summed E-state index contributed by atoms with van der Waals surface area (Å²) in [7, 11) is 0. The highest BCUT2D eigenvalue weighted by molar-refractivity contribution is 8.02. The first-order valence-electron chi connectivity index (χ1n) is 10.4. The van der Waals surface area contributed by atoms with Crippen molar-refractivity contribution in [2.45, 2.75) is 29.8 Å². The van der Waals surface area contributed by atoms with Gasteiger partial charge in [0.25, 0.3) is 11.8 Å². The second-order valence-corrected chi connectivity index (χ2v) is 10.3. The Kier molecular flexibility index (Phi) is 8.05. The number of aliphatic carboxylic acids is 1. The predicted molar refractivity (Wildman–Crippen MR) is 127 cm³/mol. The number of hydrogen-bond donors (Lipinski definition) is 3. The minimum Gasteiger partial charge on any atom is -0.490 e. The zero-order valence-electron chi connectivity index (χ0n) is 18.1. The van der Waals surface area contributed by atoms with Gasteiger partial charge in [0.2, 0.25) is 5.71 Å². The fraction of sp³-hybridized carbons (Fsp3) is 0.474. The Morgan fingerprint density at radius 3 is 3.03 bits per heavy atom. The Morgan fingerprint density at radius 2 is 2.35 bits per heavy atom. The number of carbonyl (C=O) groups excluding carboxylic acids is 2. The fourth-order valence-electron chi connectivity index (χ4n) is 3.32. The number of thioether (sulfide) groups is 3. The number of nitrogens with one attached hydrogen (secondary N) is 2. The summed E-state index contributed by atoms with van der Waals surface area (Å²) in [5, 5.41) is 28.3. The van der Waals surface area contributed by atoms with E-state index in [0.29, 0.717) is 41.7 Å². The first kappa shape index (κ1) is 24.5. The number of carboxylic acids is 1. The van der Waals surface area contributed by atoms with Crippen LogP contribution in [-0.2, 0) is 24.0 Å². The van der Waals surface area contributed by atoms with Gasteiger partial charge in [-0.2, -0.15) is 0 Å². The van der Waals surface area contributed by atoms with Crippen LogP contribution in [0.5, 0.6) is 0 Å². The quantitative estimate of drug-likeness (QED) is 0.131. The molecule has 1 saturated heterocycles. The molecule has 0 spiro atoms. The maximum absolute atomic E-state index is 13.0. The number of ether oxygens (including phenoxy) is 1. The molecule has 12 nitrogen and oxygen atoms in total. The monoisotopic (exact) mass is 526 g/mol. The molecule has 2 amide bonds. The van der Waals surface area contributed by atoms with E-state index in [1.807, 2.05) is 6.92 Å². The Hall–Kier alpha value is -2.65. The lowest BCUT2D eigenvalue weighted by Gasteiger charge is -2.49. The smallest absolute Gasteiger partial charge is 0.352 e. The summed E-state index contributed by atoms with van der Waals surface area (Å²) in [6.07, 6.45) is 2.25. The van der Waals surface area contributed by atoms with Gasteiger partial charge in [-0.15, -0.1) is 40.4 Å². The van der Waals surface area contributed by atoms with Crippen LogP contribution in [0.25, 0.3) is 0 Å². The van der Waals surface area contributed by atoms with E-state index < -0.39 is 29.2 Å². The molecule has 3 aliphatic heterocycles. The summed E-state index contributed by atoms with van der Waals surface area (Å²) in [6, 6.07) is -0.883. The van der Waals surface area contributed by atoms with Crippen LogP contribution in [0.2, 0.25) is 0 Å². The molecule has 182 valence electrons. The van der Waals surface area contributed by atoms with E-state index in [4.69, 9.17) is 9.57 Å². The van der Waals surface area contributed by atoms with E-state index in [1.165, 1.54) is 46.4 Å². The third kappa shape index (κ3) is 5.20. The first-order valence-corrected chi connectivity index (χ1v) is 13.4. The molecule has 0 saturated carbocycles. The molecule has 1 aromatic heterocycles. The van der Waals surface area contributed by atoms with E-state index in [-0.39, 0.29) is 17.2 Å². The van der Waals surface area contributed by atoms with Crippen LogP contribution in [0.1, 0.15) is 13.3 Å². The third-order valence-electron chi connectivity index (χ3n) is 4.88. The lowest BCUT2D eigenvalue weighted by molar-refractivity contribution is -0.150. The average Bonchev–Trinajstić information content (AvgIpc) is 3.37. The minimum absolute atomic E-state index is 0.0471. The van der Waals surface area contributed by atoms with E-state index in [2.05, 4.69) is 25.9 Å². The Labute approximate surface area is 207 Å². The molecule has 34 heavy (non-hydrogen) atoms. The number of carbonyl (C=O) groups is 3. The van der Waals surface area contributed by atoms with E-state index in [1.54, 1.807) is 5.41 Å². The van der Waals surface area contributed by atoms with Crippen LogP contribution in [0.3, 0.4) is 0 Å². The summed E-state index contributed by atoms with van der Waals surface area (Å²) >= 11 is 4.23. The van der Waals surface area contributed by atoms with Crippen LogP contribution in [0.15, 0.2) is 38.8 Å². The zero-order chi connectivity index (χ0) is 24.1. The van der Waals surface area contributed by atoms with Crippen molar-refractivity contribution in [2.24, 2.45) is 5.16 Å². The minimum atomic E-state index is -1.19. The molecule has 0 aromatic carbocycles. The van der Waals surface area contributed by atoms with Gasteiger partial charge >= 0.3 is 5.97 Å². The second-order valence-electron chi connectivity index (χ2n) is 7.20. The van der Waals surface area contributed by atoms with Gasteiger partial charge in [0.1, 0.15) is 28.7 Å². The summed E-state index contributed by atoms with van der Waals surface area (Å²) < 4.78 is 5.55. The Balaban J connectivity index is 1.47. The maximum atomic E-state index is 13.0. The number of amides is 2. The van der Waals surface area contributed by atoms with Gasteiger partial charge in [0, 0.05) is 22.7 Å². The number of nitrogens with zero attached hydrogens (tertiary/aromatic N) is 4. The van der Waals surface area contributed by atoms with E-state index in [9.17, 15) is 19.5 Å². The van der Waals surface area contributed by atoms with Crippen molar-refractivity contribution in [1.82, 2.24) is 25.6 Å². The highest BCUT2D eigenvalue weighted by Gasteiger charge is 2.54. The summed E-state index contributed by atoms with van der Waals surface area (Å²) in [5.41, 5.74) is 0.514. The number of H-pyrrole nitrogens is 1. The molecule has 0 aliphatic carbocycles. The number of carboxylic acid groups (broad SMARTS) is 1. The highest BCUT2D eigenvalue weighted by Crippen LogP contribution is 2.41. The zero-order valence-corrected chi connectivity index (χ0v) is 20.5. The normalized spacial score (nSPS) is 22.4. The molecule has 1 unspecified atom stereocenters. The largest absolute Gasteiger partial charge is 0.490 e. The predicted octanol–water partition coefficient (Wildman–Crippen LogP) is 1.02. The van der Waals surface area contributed by atoms with Gasteiger partial charge in [-0.05, 0) is 12.0 Å². The van der Waals surface area contributed by atoms with Crippen LogP contribution >= 0.6 is 35.3 Å². The number of rotatable bonds is 10. The van der Waals surface area contributed by atoms with Gasteiger partial charge in [-0.1, -0.05) is 17.3 Å². The molecular formula is C19H22N6O6S3. The summed E-state index contributed by atoms with van der Waals surface area (Å²) in [6.45, 7) is 2.66. The van der Waals surface area contributed by atoms with Gasteiger partial charge in [-0.3, -0.25) is 19.6 Å². The van der Waals surface area contributed by atoms with Crippen LogP contribution in [0, 0.1) is 0 Å². The molecule has 1 aromatic rings. The van der Waals surface area contributed by atoms with Gasteiger partial charge < -0.3 is 20.0 Å². The van der Waals surface area contributed by atoms with Gasteiger partial charge in [-0.25, -0.2) is 4.79 Å². The number of β-lactam (4-membered cyclic amide) rings is 1. The van der Waals surface area contributed by atoms with Crippen LogP contribution in [0.4, 0.5) is 0 Å². The number of oxime groups is 1. The molecule has 1 fully saturated rings. The number of fused-ring (bicyclic) bond motifs is 1. The van der Waals surface area contributed by atoms with Crippen LogP contribution in [-0.4, -0.2) is 90.8 Å². The molecule has 3 aliphatic rings. The topological polar surface area (TPSA) is 159 Å². The molecule has 15 heteroatoms. The van der Waals surface area contributed by atoms with Crippen molar-refractivity contribution in [3.05, 3.63) is 28.6 Å². The van der Waals surface area contributed by atoms with Crippen molar-refractivity contribution >= 4 is 58.8 Å². The highest BCUT2D eigenvalue weighted by atomic mass is 32.2. The third-order valence-corrected chi connectivity index (χ3v) is 8.00. The lowest BCUT2D eigenvalue weighted by atomic mass is 10.0. The summed E-state index contributed by atoms with van der Waals surface area (Å²) in [4.78, 5) is 44.4. The van der Waals surface area contributed by atoms with Gasteiger partial charge in [0.15, 0.2) is 5.76 Å². The first-order chi connectivity index (χ1) is 16.5. The number of aromatic amines is 1. The summed E-state index contributed by atoms with van der Waals surface area (Å²) in [5.74, 6) is -0.486. The maximum Gasteiger partial charge on any atom is 0.352 e. The molecule has 0 radical (unpaired) electrons. The molecule has 4 rings (SSSR count). The van der Waals surface area contributed by atoms with Crippen molar-refractivity contribution in [3.63, 3.8) is 0 Å². The SMILES string of the molecule is CCCON=C(C(=O)NC1C(=O)N2C(C(=O)O)=C(CSc3cnn[nH]3)CS[C@@H]12)C1=CSCCO1. The molecular weight excluding hydrogens is 504 g/mol. The van der Waals surface area contributed by atoms with Crippen LogP contribution < -0.4 is 5.32 Å². The van der Waals surface area contributed by atoms with Gasteiger partial charge in [0.05, 0.1) is 12.8 Å². The molecule has 0 bridgehead atoms. The number of aromatic nitrogens is 3. The fourth-order valence-corrected chi connectivity index (χ4v) is 6.22. The lowest BCUT2D eigenvalue weighted by Crippen LogP contribution is -2.71.